The molecule has 0 saturated heterocycles. The molecule has 0 amide bonds. The number of aliphatic imine (C=N–C) groups is 1. The topological polar surface area (TPSA) is 48.9 Å². The molecule has 0 aliphatic rings. The van der Waals surface area contributed by atoms with Crippen LogP contribution in [0.2, 0.25) is 0 Å². The smallest absolute Gasteiger partial charge is 0.191 e. The summed E-state index contributed by atoms with van der Waals surface area (Å²) in [5, 5.41) is 6.71. The summed E-state index contributed by atoms with van der Waals surface area (Å²) < 4.78 is 5.39. The Hall–Kier alpha value is -2.53. The number of nitrogens with one attached hydrogen (secondary N) is 2. The van der Waals surface area contributed by atoms with Crippen molar-refractivity contribution in [2.24, 2.45) is 4.99 Å². The molecule has 0 spiro atoms. The van der Waals surface area contributed by atoms with Gasteiger partial charge in [-0.1, -0.05) is 42.5 Å². The first-order chi connectivity index (χ1) is 12.6. The lowest BCUT2D eigenvalue weighted by Gasteiger charge is -2.14. The number of hydrogen-bond donors (Lipinski definition) is 2. The van der Waals surface area contributed by atoms with Crippen LogP contribution in [0, 0.1) is 0 Å². The molecule has 26 heavy (non-hydrogen) atoms. The molecule has 0 unspecified atom stereocenters. The van der Waals surface area contributed by atoms with Gasteiger partial charge in [0.25, 0.3) is 0 Å². The fourth-order valence-corrected chi connectivity index (χ4v) is 2.76. The second-order valence-electron chi connectivity index (χ2n) is 6.47. The summed E-state index contributed by atoms with van der Waals surface area (Å²) in [6, 6.07) is 16.8. The molecule has 5 heteroatoms. The highest BCUT2D eigenvalue weighted by Crippen LogP contribution is 2.17. The Morgan fingerprint density at radius 1 is 1.00 bits per heavy atom. The zero-order valence-corrected chi connectivity index (χ0v) is 16.2. The zero-order valence-electron chi connectivity index (χ0n) is 16.2. The minimum absolute atomic E-state index is 0.747. The van der Waals surface area contributed by atoms with E-state index in [9.17, 15) is 0 Å². The summed E-state index contributed by atoms with van der Waals surface area (Å²) in [6.45, 7) is 2.50. The Morgan fingerprint density at radius 3 is 2.35 bits per heavy atom. The van der Waals surface area contributed by atoms with Gasteiger partial charge in [0, 0.05) is 26.7 Å². The largest absolute Gasteiger partial charge is 0.496 e. The van der Waals surface area contributed by atoms with Gasteiger partial charge in [-0.25, -0.2) is 0 Å². The zero-order chi connectivity index (χ0) is 18.8. The van der Waals surface area contributed by atoms with E-state index in [0.717, 1.165) is 37.8 Å². The molecule has 0 aromatic heterocycles. The van der Waals surface area contributed by atoms with Gasteiger partial charge in [-0.2, -0.15) is 0 Å². The monoisotopic (exact) mass is 354 g/mol. The van der Waals surface area contributed by atoms with E-state index >= 15 is 0 Å². The van der Waals surface area contributed by atoms with E-state index in [0.29, 0.717) is 0 Å². The van der Waals surface area contributed by atoms with Gasteiger partial charge in [-0.15, -0.1) is 0 Å². The maximum absolute atomic E-state index is 5.39. The molecule has 0 fully saturated rings. The molecule has 2 N–H and O–H groups in total. The molecule has 0 saturated carbocycles. The van der Waals surface area contributed by atoms with E-state index < -0.39 is 0 Å². The van der Waals surface area contributed by atoms with Crippen LogP contribution >= 0.6 is 0 Å². The first-order valence-electron chi connectivity index (χ1n) is 8.91. The van der Waals surface area contributed by atoms with Crippen molar-refractivity contribution in [3.05, 3.63) is 65.2 Å². The minimum atomic E-state index is 0.747. The first kappa shape index (κ1) is 19.8. The highest BCUT2D eigenvalue weighted by molar-refractivity contribution is 5.79. The molecular weight excluding hydrogens is 324 g/mol. The van der Waals surface area contributed by atoms with E-state index in [1.54, 1.807) is 14.2 Å². The Balaban J connectivity index is 1.79. The van der Waals surface area contributed by atoms with Crippen LogP contribution in [-0.2, 0) is 19.5 Å². The van der Waals surface area contributed by atoms with E-state index in [1.807, 2.05) is 18.2 Å². The third-order valence-electron chi connectivity index (χ3n) is 4.08. The molecule has 2 aromatic carbocycles. The van der Waals surface area contributed by atoms with Crippen LogP contribution in [-0.4, -0.2) is 45.7 Å². The maximum Gasteiger partial charge on any atom is 0.191 e. The third kappa shape index (κ3) is 6.41. The Morgan fingerprint density at radius 2 is 1.69 bits per heavy atom. The molecule has 5 nitrogen and oxygen atoms in total. The average Bonchev–Trinajstić information content (AvgIpc) is 2.65. The molecule has 0 atom stereocenters. The van der Waals surface area contributed by atoms with Gasteiger partial charge in [0.05, 0.1) is 7.11 Å². The van der Waals surface area contributed by atoms with Crippen LogP contribution in [0.5, 0.6) is 5.75 Å². The van der Waals surface area contributed by atoms with Gasteiger partial charge in [0.15, 0.2) is 5.96 Å². The number of ether oxygens (including phenoxy) is 1. The van der Waals surface area contributed by atoms with Crippen LogP contribution in [0.25, 0.3) is 0 Å². The quantitative estimate of drug-likeness (QED) is 0.565. The Kier molecular flexibility index (Phi) is 7.96. The maximum atomic E-state index is 5.39. The Labute approximate surface area is 157 Å². The van der Waals surface area contributed by atoms with Crippen LogP contribution in [0.3, 0.4) is 0 Å². The van der Waals surface area contributed by atoms with Crippen molar-refractivity contribution in [1.29, 1.82) is 0 Å². The lowest BCUT2D eigenvalue weighted by molar-refractivity contribution is 0.402. The summed E-state index contributed by atoms with van der Waals surface area (Å²) in [5.74, 6) is 1.73. The molecule has 2 aromatic rings. The van der Waals surface area contributed by atoms with Gasteiger partial charge < -0.3 is 20.3 Å². The SMILES string of the molecule is CN=C(NCCc1ccccc1OC)NCc1ccc(CN(C)C)cc1. The van der Waals surface area contributed by atoms with Gasteiger partial charge in [0.1, 0.15) is 5.75 Å². The summed E-state index contributed by atoms with van der Waals surface area (Å²) in [4.78, 5) is 6.46. The van der Waals surface area contributed by atoms with Crippen LogP contribution < -0.4 is 15.4 Å². The minimum Gasteiger partial charge on any atom is -0.496 e. The van der Waals surface area contributed by atoms with Crippen molar-refractivity contribution in [2.75, 3.05) is 34.8 Å². The standard InChI is InChI=1S/C21H30N4O/c1-22-21(23-14-13-19-7-5-6-8-20(19)26-4)24-15-17-9-11-18(12-10-17)16-25(2)3/h5-12H,13-16H2,1-4H3,(H2,22,23,24). The lowest BCUT2D eigenvalue weighted by Crippen LogP contribution is -2.37. The molecule has 0 heterocycles. The fourth-order valence-electron chi connectivity index (χ4n) is 2.76. The number of benzene rings is 2. The van der Waals surface area contributed by atoms with E-state index in [-0.39, 0.29) is 0 Å². The number of methoxy groups -OCH3 is 1. The lowest BCUT2D eigenvalue weighted by atomic mass is 10.1. The van der Waals surface area contributed by atoms with Crippen molar-refractivity contribution in [3.63, 3.8) is 0 Å². The highest BCUT2D eigenvalue weighted by Gasteiger charge is 2.03. The second kappa shape index (κ2) is 10.5. The molecule has 0 radical (unpaired) electrons. The summed E-state index contributed by atoms with van der Waals surface area (Å²) in [7, 11) is 7.65. The van der Waals surface area contributed by atoms with Crippen molar-refractivity contribution in [3.8, 4) is 5.75 Å². The van der Waals surface area contributed by atoms with Gasteiger partial charge in [-0.3, -0.25) is 4.99 Å². The fraction of sp³-hybridized carbons (Fsp3) is 0.381. The number of para-hydroxylation sites is 1. The third-order valence-corrected chi connectivity index (χ3v) is 4.08. The van der Waals surface area contributed by atoms with Gasteiger partial charge in [-0.05, 0) is 43.3 Å². The normalized spacial score (nSPS) is 11.5. The number of hydrogen-bond acceptors (Lipinski definition) is 3. The van der Waals surface area contributed by atoms with Crippen molar-refractivity contribution in [2.45, 2.75) is 19.5 Å². The predicted octanol–water partition coefficient (Wildman–Crippen LogP) is 2.66. The van der Waals surface area contributed by atoms with E-state index in [1.165, 1.54) is 16.7 Å². The van der Waals surface area contributed by atoms with Crippen LogP contribution in [0.15, 0.2) is 53.5 Å². The molecule has 0 aliphatic carbocycles. The molecule has 0 bridgehead atoms. The van der Waals surface area contributed by atoms with Gasteiger partial charge >= 0.3 is 0 Å². The van der Waals surface area contributed by atoms with Crippen LogP contribution in [0.4, 0.5) is 0 Å². The molecular formula is C21H30N4O. The molecule has 140 valence electrons. The summed E-state index contributed by atoms with van der Waals surface area (Å²) in [6.07, 6.45) is 0.879. The summed E-state index contributed by atoms with van der Waals surface area (Å²) >= 11 is 0. The molecule has 2 rings (SSSR count). The van der Waals surface area contributed by atoms with Crippen molar-refractivity contribution >= 4 is 5.96 Å². The van der Waals surface area contributed by atoms with Gasteiger partial charge in [0.2, 0.25) is 0 Å². The molecule has 0 aliphatic heterocycles. The average molecular weight is 354 g/mol. The number of rotatable bonds is 8. The van der Waals surface area contributed by atoms with Crippen molar-refractivity contribution < 1.29 is 4.74 Å². The first-order valence-corrected chi connectivity index (χ1v) is 8.91. The van der Waals surface area contributed by atoms with E-state index in [2.05, 4.69) is 65.0 Å². The highest BCUT2D eigenvalue weighted by atomic mass is 16.5. The second-order valence-corrected chi connectivity index (χ2v) is 6.47. The predicted molar refractivity (Wildman–Crippen MR) is 109 cm³/mol. The summed E-state index contributed by atoms with van der Waals surface area (Å²) in [5.41, 5.74) is 3.74. The number of guanidine groups is 1. The van der Waals surface area contributed by atoms with E-state index in [4.69, 9.17) is 4.74 Å². The van der Waals surface area contributed by atoms with Crippen molar-refractivity contribution in [1.82, 2.24) is 15.5 Å². The Bertz CT molecular complexity index is 695. The number of nitrogens with zero attached hydrogens (tertiary/aromatic N) is 2. The van der Waals surface area contributed by atoms with Crippen LogP contribution in [0.1, 0.15) is 16.7 Å².